The number of aryl methyl sites for hydroxylation is 1. The molecule has 1 aromatic heterocycles. The summed E-state index contributed by atoms with van der Waals surface area (Å²) < 4.78 is 34.3. The molecule has 0 saturated heterocycles. The molecule has 112 valence electrons. The van der Waals surface area contributed by atoms with Crippen molar-refractivity contribution in [2.45, 2.75) is 26.5 Å². The van der Waals surface area contributed by atoms with E-state index in [1.165, 1.54) is 6.07 Å². The second-order valence-electron chi connectivity index (χ2n) is 4.29. The first-order valence-electron chi connectivity index (χ1n) is 6.49. The van der Waals surface area contributed by atoms with Crippen molar-refractivity contribution in [1.29, 1.82) is 0 Å². The van der Waals surface area contributed by atoms with E-state index < -0.39 is 12.5 Å². The molecule has 0 atom stereocenters. The molecule has 0 spiro atoms. The third kappa shape index (κ3) is 4.05. The normalized spacial score (nSPS) is 10.7. The number of ether oxygens (including phenoxy) is 1. The standard InChI is InChI=1S/C15H15F2NO3/c1-2-11-7-8-13(20-11)14(19)18-9-10-5-3-4-6-12(10)21-15(16)17/h3-8,15H,2,9H2,1H3,(H,18,19). The highest BCUT2D eigenvalue weighted by Gasteiger charge is 2.13. The molecule has 1 heterocycles. The molecule has 0 bridgehead atoms. The Morgan fingerprint density at radius 1 is 1.29 bits per heavy atom. The minimum Gasteiger partial charge on any atom is -0.456 e. The van der Waals surface area contributed by atoms with E-state index in [0.717, 1.165) is 0 Å². The van der Waals surface area contributed by atoms with Crippen molar-refractivity contribution in [3.8, 4) is 5.75 Å². The van der Waals surface area contributed by atoms with Gasteiger partial charge in [0.15, 0.2) is 5.76 Å². The van der Waals surface area contributed by atoms with Crippen molar-refractivity contribution in [2.75, 3.05) is 0 Å². The van der Waals surface area contributed by atoms with Gasteiger partial charge in [0.25, 0.3) is 5.91 Å². The van der Waals surface area contributed by atoms with Gasteiger partial charge < -0.3 is 14.5 Å². The van der Waals surface area contributed by atoms with Crippen LogP contribution in [0.5, 0.6) is 5.75 Å². The number of halogens is 2. The summed E-state index contributed by atoms with van der Waals surface area (Å²) in [5.74, 6) is 0.545. The molecule has 0 aliphatic heterocycles. The van der Waals surface area contributed by atoms with E-state index in [2.05, 4.69) is 10.1 Å². The Morgan fingerprint density at radius 3 is 2.71 bits per heavy atom. The van der Waals surface area contributed by atoms with E-state index in [1.54, 1.807) is 30.3 Å². The van der Waals surface area contributed by atoms with E-state index >= 15 is 0 Å². The average molecular weight is 295 g/mol. The summed E-state index contributed by atoms with van der Waals surface area (Å²) >= 11 is 0. The quantitative estimate of drug-likeness (QED) is 0.889. The molecule has 0 aliphatic carbocycles. The molecular formula is C15H15F2NO3. The smallest absolute Gasteiger partial charge is 0.387 e. The highest BCUT2D eigenvalue weighted by atomic mass is 19.3. The van der Waals surface area contributed by atoms with Gasteiger partial charge in [0.2, 0.25) is 0 Å². The average Bonchev–Trinajstić information content (AvgIpc) is 2.94. The van der Waals surface area contributed by atoms with E-state index in [-0.39, 0.29) is 18.1 Å². The monoisotopic (exact) mass is 295 g/mol. The lowest BCUT2D eigenvalue weighted by atomic mass is 10.2. The van der Waals surface area contributed by atoms with Gasteiger partial charge in [-0.15, -0.1) is 0 Å². The highest BCUT2D eigenvalue weighted by Crippen LogP contribution is 2.20. The molecule has 0 unspecified atom stereocenters. The second kappa shape index (κ2) is 6.88. The van der Waals surface area contributed by atoms with Crippen molar-refractivity contribution in [1.82, 2.24) is 5.32 Å². The zero-order valence-electron chi connectivity index (χ0n) is 11.4. The topological polar surface area (TPSA) is 51.5 Å². The minimum absolute atomic E-state index is 0.0430. The van der Waals surface area contributed by atoms with Crippen LogP contribution in [0.25, 0.3) is 0 Å². The number of nitrogens with one attached hydrogen (secondary N) is 1. The summed E-state index contributed by atoms with van der Waals surface area (Å²) in [6.45, 7) is -0.915. The molecule has 2 rings (SSSR count). The van der Waals surface area contributed by atoms with Crippen LogP contribution >= 0.6 is 0 Å². The SMILES string of the molecule is CCc1ccc(C(=O)NCc2ccccc2OC(F)F)o1. The van der Waals surface area contributed by atoms with Crippen molar-refractivity contribution in [3.05, 3.63) is 53.5 Å². The van der Waals surface area contributed by atoms with Gasteiger partial charge in [0.1, 0.15) is 11.5 Å². The molecule has 0 saturated carbocycles. The van der Waals surface area contributed by atoms with Crippen LogP contribution < -0.4 is 10.1 Å². The molecule has 1 N–H and O–H groups in total. The fraction of sp³-hybridized carbons (Fsp3) is 0.267. The summed E-state index contributed by atoms with van der Waals surface area (Å²) in [7, 11) is 0. The fourth-order valence-corrected chi connectivity index (χ4v) is 1.81. The number of carbonyl (C=O) groups is 1. The lowest BCUT2D eigenvalue weighted by Gasteiger charge is -2.10. The van der Waals surface area contributed by atoms with Crippen molar-refractivity contribution < 1.29 is 22.7 Å². The first-order chi connectivity index (χ1) is 10.1. The number of carbonyl (C=O) groups excluding carboxylic acids is 1. The molecule has 2 aromatic rings. The molecule has 6 heteroatoms. The number of amides is 1. The summed E-state index contributed by atoms with van der Waals surface area (Å²) in [6, 6.07) is 9.61. The van der Waals surface area contributed by atoms with Crippen LogP contribution in [-0.4, -0.2) is 12.5 Å². The zero-order chi connectivity index (χ0) is 15.2. The summed E-state index contributed by atoms with van der Waals surface area (Å²) in [5, 5.41) is 2.61. The largest absolute Gasteiger partial charge is 0.456 e. The molecular weight excluding hydrogens is 280 g/mol. The van der Waals surface area contributed by atoms with Crippen molar-refractivity contribution in [3.63, 3.8) is 0 Å². The van der Waals surface area contributed by atoms with Gasteiger partial charge in [-0.2, -0.15) is 8.78 Å². The molecule has 0 radical (unpaired) electrons. The van der Waals surface area contributed by atoms with Crippen LogP contribution in [0.3, 0.4) is 0 Å². The fourth-order valence-electron chi connectivity index (χ4n) is 1.81. The maximum atomic E-state index is 12.3. The van der Waals surface area contributed by atoms with Gasteiger partial charge in [-0.1, -0.05) is 25.1 Å². The number of hydrogen-bond acceptors (Lipinski definition) is 3. The number of para-hydroxylation sites is 1. The van der Waals surface area contributed by atoms with E-state index in [9.17, 15) is 13.6 Å². The van der Waals surface area contributed by atoms with E-state index in [0.29, 0.717) is 17.7 Å². The third-order valence-electron chi connectivity index (χ3n) is 2.86. The molecule has 21 heavy (non-hydrogen) atoms. The second-order valence-corrected chi connectivity index (χ2v) is 4.29. The van der Waals surface area contributed by atoms with Crippen LogP contribution in [0.2, 0.25) is 0 Å². The number of benzene rings is 1. The molecule has 0 aliphatic rings. The van der Waals surface area contributed by atoms with Gasteiger partial charge >= 0.3 is 6.61 Å². The Balaban J connectivity index is 2.01. The third-order valence-corrected chi connectivity index (χ3v) is 2.86. The predicted octanol–water partition coefficient (Wildman–Crippen LogP) is 3.37. The molecule has 1 aromatic carbocycles. The Labute approximate surface area is 120 Å². The Hall–Kier alpha value is -2.37. The first-order valence-corrected chi connectivity index (χ1v) is 6.49. The summed E-state index contributed by atoms with van der Waals surface area (Å²) in [4.78, 5) is 11.9. The predicted molar refractivity (Wildman–Crippen MR) is 72.3 cm³/mol. The van der Waals surface area contributed by atoms with Crippen LogP contribution in [0, 0.1) is 0 Å². The van der Waals surface area contributed by atoms with Gasteiger partial charge in [0, 0.05) is 18.5 Å². The summed E-state index contributed by atoms with van der Waals surface area (Å²) in [5.41, 5.74) is 0.466. The number of hydrogen-bond donors (Lipinski definition) is 1. The Bertz CT molecular complexity index is 610. The van der Waals surface area contributed by atoms with E-state index in [4.69, 9.17) is 4.42 Å². The Kier molecular flexibility index (Phi) is 4.92. The van der Waals surface area contributed by atoms with Crippen LogP contribution in [0.4, 0.5) is 8.78 Å². The van der Waals surface area contributed by atoms with Crippen molar-refractivity contribution in [2.24, 2.45) is 0 Å². The van der Waals surface area contributed by atoms with Gasteiger partial charge in [-0.05, 0) is 18.2 Å². The lowest BCUT2D eigenvalue weighted by molar-refractivity contribution is -0.0504. The van der Waals surface area contributed by atoms with E-state index in [1.807, 2.05) is 6.92 Å². The molecule has 1 amide bonds. The molecule has 4 nitrogen and oxygen atoms in total. The van der Waals surface area contributed by atoms with Crippen molar-refractivity contribution >= 4 is 5.91 Å². The number of rotatable bonds is 6. The van der Waals surface area contributed by atoms with Gasteiger partial charge in [-0.3, -0.25) is 4.79 Å². The van der Waals surface area contributed by atoms with Gasteiger partial charge in [0.05, 0.1) is 0 Å². The van der Waals surface area contributed by atoms with Gasteiger partial charge in [-0.25, -0.2) is 0 Å². The molecule has 0 fully saturated rings. The Morgan fingerprint density at radius 2 is 2.05 bits per heavy atom. The van der Waals surface area contributed by atoms with Crippen LogP contribution in [0.15, 0.2) is 40.8 Å². The zero-order valence-corrected chi connectivity index (χ0v) is 11.4. The number of furan rings is 1. The highest BCUT2D eigenvalue weighted by molar-refractivity contribution is 5.91. The van der Waals surface area contributed by atoms with Crippen LogP contribution in [0.1, 0.15) is 28.8 Å². The number of alkyl halides is 2. The minimum atomic E-state index is -2.90. The maximum Gasteiger partial charge on any atom is 0.387 e. The maximum absolute atomic E-state index is 12.3. The lowest BCUT2D eigenvalue weighted by Crippen LogP contribution is -2.22. The first kappa shape index (κ1) is 15.0. The van der Waals surface area contributed by atoms with Crippen LogP contribution in [-0.2, 0) is 13.0 Å². The summed E-state index contributed by atoms with van der Waals surface area (Å²) in [6.07, 6.45) is 0.693.